The molecular weight excluding hydrogens is 392 g/mol. The number of nitrogens with zero attached hydrogens (tertiary/aromatic N) is 4. The molecule has 0 atom stereocenters. The molecule has 31 heavy (non-hydrogen) atoms. The fourth-order valence-electron chi connectivity index (χ4n) is 3.36. The third-order valence-electron chi connectivity index (χ3n) is 4.94. The van der Waals surface area contributed by atoms with Gasteiger partial charge in [-0.3, -0.25) is 4.79 Å². The number of rotatable bonds is 8. The second-order valence-corrected chi connectivity index (χ2v) is 7.23. The minimum Gasteiger partial charge on any atom is -0.504 e. The lowest BCUT2D eigenvalue weighted by Crippen LogP contribution is -2.01. The van der Waals surface area contributed by atoms with Gasteiger partial charge in [0.1, 0.15) is 0 Å². The summed E-state index contributed by atoms with van der Waals surface area (Å²) >= 11 is 0. The number of tetrazole rings is 1. The van der Waals surface area contributed by atoms with E-state index in [1.165, 1.54) is 5.56 Å². The van der Waals surface area contributed by atoms with Crippen LogP contribution in [0.25, 0.3) is 5.76 Å². The van der Waals surface area contributed by atoms with Crippen LogP contribution in [-0.2, 0) is 19.4 Å². The molecule has 4 aromatic rings. The lowest BCUT2D eigenvalue weighted by atomic mass is 10.0. The van der Waals surface area contributed by atoms with E-state index in [1.807, 2.05) is 53.2 Å². The molecule has 0 saturated heterocycles. The number of nitrogens with one attached hydrogen (secondary N) is 1. The van der Waals surface area contributed by atoms with Crippen LogP contribution < -0.4 is 5.73 Å². The maximum atomic E-state index is 12.9. The van der Waals surface area contributed by atoms with Crippen LogP contribution in [0.2, 0.25) is 0 Å². The fourth-order valence-corrected chi connectivity index (χ4v) is 3.36. The second-order valence-electron chi connectivity index (χ2n) is 7.23. The monoisotopic (exact) mass is 414 g/mol. The third-order valence-corrected chi connectivity index (χ3v) is 4.94. The number of nitrogen functional groups attached to an aromatic ring is 1. The molecule has 2 aromatic heterocycles. The smallest absolute Gasteiger partial charge is 0.239 e. The number of aliphatic hydroxyl groups is 1. The molecule has 0 bridgehead atoms. The predicted octanol–water partition coefficient (Wildman–Crippen LogP) is 3.20. The van der Waals surface area contributed by atoms with Gasteiger partial charge in [0.15, 0.2) is 11.5 Å². The number of ketones is 1. The summed E-state index contributed by atoms with van der Waals surface area (Å²) in [6, 6.07) is 17.7. The number of H-pyrrole nitrogens is 1. The molecule has 2 heterocycles. The number of aliphatic hydroxyl groups excluding tert-OH is 1. The summed E-state index contributed by atoms with van der Waals surface area (Å²) in [5, 5.41) is 23.2. The quantitative estimate of drug-likeness (QED) is 0.176. The maximum Gasteiger partial charge on any atom is 0.239 e. The van der Waals surface area contributed by atoms with Crippen LogP contribution in [0.4, 0.5) is 5.69 Å². The molecular formula is C23H22N6O2. The molecule has 2 aromatic carbocycles. The van der Waals surface area contributed by atoms with Crippen molar-refractivity contribution in [3.63, 3.8) is 0 Å². The van der Waals surface area contributed by atoms with Gasteiger partial charge < -0.3 is 15.4 Å². The van der Waals surface area contributed by atoms with Crippen molar-refractivity contribution in [1.29, 1.82) is 0 Å². The van der Waals surface area contributed by atoms with Crippen molar-refractivity contribution < 1.29 is 9.90 Å². The Morgan fingerprint density at radius 3 is 2.52 bits per heavy atom. The summed E-state index contributed by atoms with van der Waals surface area (Å²) in [4.78, 5) is 12.9. The molecule has 0 fully saturated rings. The Morgan fingerprint density at radius 2 is 1.81 bits per heavy atom. The van der Waals surface area contributed by atoms with E-state index in [4.69, 9.17) is 5.73 Å². The van der Waals surface area contributed by atoms with Gasteiger partial charge in [0, 0.05) is 36.3 Å². The molecule has 8 heteroatoms. The Hall–Kier alpha value is -4.20. The predicted molar refractivity (Wildman–Crippen MR) is 117 cm³/mol. The van der Waals surface area contributed by atoms with Gasteiger partial charge in [-0.15, -0.1) is 10.2 Å². The summed E-state index contributed by atoms with van der Waals surface area (Å²) < 4.78 is 1.97. The standard InChI is InChI=1S/C23H22N6O2/c24-19-10-7-17(8-11-19)13-29-14-18(9-6-16-4-2-1-3-5-16)20(15-29)21(30)12-22(31)23-25-27-28-26-23/h1-5,7-8,10-12,14-15,31H,6,9,13,24H2,(H,25,26,27,28). The molecule has 0 radical (unpaired) electrons. The molecule has 4 N–H and O–H groups in total. The number of anilines is 1. The Morgan fingerprint density at radius 1 is 1.03 bits per heavy atom. The highest BCUT2D eigenvalue weighted by molar-refractivity contribution is 6.08. The zero-order chi connectivity index (χ0) is 21.6. The normalized spacial score (nSPS) is 11.5. The van der Waals surface area contributed by atoms with Crippen molar-refractivity contribution in [1.82, 2.24) is 25.2 Å². The maximum absolute atomic E-state index is 12.9. The van der Waals surface area contributed by atoms with Gasteiger partial charge in [-0.1, -0.05) is 42.5 Å². The Balaban J connectivity index is 1.60. The number of aromatic amines is 1. The van der Waals surface area contributed by atoms with Crippen LogP contribution in [0.15, 0.2) is 73.1 Å². The van der Waals surface area contributed by atoms with Crippen LogP contribution in [0, 0.1) is 0 Å². The first-order valence-corrected chi connectivity index (χ1v) is 9.84. The number of hydrogen-bond donors (Lipinski definition) is 3. The molecule has 0 saturated carbocycles. The molecule has 0 aliphatic heterocycles. The van der Waals surface area contributed by atoms with E-state index in [9.17, 15) is 9.90 Å². The first-order valence-electron chi connectivity index (χ1n) is 9.84. The number of nitrogens with two attached hydrogens (primary N) is 1. The van der Waals surface area contributed by atoms with E-state index in [0.717, 1.165) is 23.6 Å². The first kappa shape index (κ1) is 20.1. The van der Waals surface area contributed by atoms with Crippen LogP contribution >= 0.6 is 0 Å². The minimum atomic E-state index is -0.334. The SMILES string of the molecule is Nc1ccc(Cn2cc(CCc3ccccc3)c(C(=O)C=C(O)c3nn[nH]n3)c2)cc1. The van der Waals surface area contributed by atoms with E-state index in [-0.39, 0.29) is 17.4 Å². The first-order chi connectivity index (χ1) is 15.1. The van der Waals surface area contributed by atoms with E-state index in [2.05, 4.69) is 32.8 Å². The van der Waals surface area contributed by atoms with Crippen LogP contribution in [-0.4, -0.2) is 36.1 Å². The van der Waals surface area contributed by atoms with Gasteiger partial charge in [-0.05, 0) is 46.9 Å². The zero-order valence-corrected chi connectivity index (χ0v) is 16.8. The molecule has 0 aliphatic carbocycles. The van der Waals surface area contributed by atoms with Gasteiger partial charge in [-0.2, -0.15) is 5.21 Å². The van der Waals surface area contributed by atoms with E-state index >= 15 is 0 Å². The van der Waals surface area contributed by atoms with E-state index in [1.54, 1.807) is 6.20 Å². The number of allylic oxidation sites excluding steroid dienone is 1. The lowest BCUT2D eigenvalue weighted by Gasteiger charge is -2.04. The molecule has 0 amide bonds. The van der Waals surface area contributed by atoms with Gasteiger partial charge in [-0.25, -0.2) is 0 Å². The van der Waals surface area contributed by atoms with E-state index in [0.29, 0.717) is 24.2 Å². The summed E-state index contributed by atoms with van der Waals surface area (Å²) in [5.41, 5.74) is 10.2. The average Bonchev–Trinajstić information content (AvgIpc) is 3.45. The molecule has 8 nitrogen and oxygen atoms in total. The molecule has 0 aliphatic rings. The highest BCUT2D eigenvalue weighted by atomic mass is 16.3. The van der Waals surface area contributed by atoms with Crippen molar-refractivity contribution in [2.24, 2.45) is 0 Å². The Labute approximate surface area is 179 Å². The molecule has 156 valence electrons. The fraction of sp³-hybridized carbons (Fsp3) is 0.130. The summed E-state index contributed by atoms with van der Waals surface area (Å²) in [6.45, 7) is 0.604. The van der Waals surface area contributed by atoms with Crippen molar-refractivity contribution in [3.8, 4) is 0 Å². The van der Waals surface area contributed by atoms with Crippen molar-refractivity contribution in [2.75, 3.05) is 5.73 Å². The summed E-state index contributed by atoms with van der Waals surface area (Å²) in [6.07, 6.45) is 6.40. The van der Waals surface area contributed by atoms with Crippen LogP contribution in [0.1, 0.15) is 32.9 Å². The topological polar surface area (TPSA) is 123 Å². The lowest BCUT2D eigenvalue weighted by molar-refractivity contribution is 0.104. The highest BCUT2D eigenvalue weighted by Gasteiger charge is 2.16. The minimum absolute atomic E-state index is 0.0273. The van der Waals surface area contributed by atoms with Crippen molar-refractivity contribution in [3.05, 3.63) is 101 Å². The number of benzene rings is 2. The number of carbonyl (C=O) groups is 1. The number of aryl methyl sites for hydroxylation is 2. The highest BCUT2D eigenvalue weighted by Crippen LogP contribution is 2.19. The Bertz CT molecular complexity index is 1180. The number of aromatic nitrogens is 5. The van der Waals surface area contributed by atoms with Crippen molar-refractivity contribution >= 4 is 17.2 Å². The van der Waals surface area contributed by atoms with E-state index < -0.39 is 0 Å². The number of carbonyl (C=O) groups excluding carboxylic acids is 1. The van der Waals surface area contributed by atoms with Crippen LogP contribution in [0.5, 0.6) is 0 Å². The third kappa shape index (κ3) is 5.05. The van der Waals surface area contributed by atoms with Gasteiger partial charge in [0.2, 0.25) is 5.82 Å². The van der Waals surface area contributed by atoms with Crippen LogP contribution in [0.3, 0.4) is 0 Å². The largest absolute Gasteiger partial charge is 0.504 e. The van der Waals surface area contributed by atoms with Gasteiger partial charge in [0.05, 0.1) is 0 Å². The van der Waals surface area contributed by atoms with Gasteiger partial charge >= 0.3 is 0 Å². The Kier molecular flexibility index (Phi) is 5.89. The van der Waals surface area contributed by atoms with Crippen molar-refractivity contribution in [2.45, 2.75) is 19.4 Å². The number of hydrogen-bond acceptors (Lipinski definition) is 6. The molecule has 0 spiro atoms. The zero-order valence-electron chi connectivity index (χ0n) is 16.8. The molecule has 4 rings (SSSR count). The summed E-state index contributed by atoms with van der Waals surface area (Å²) in [7, 11) is 0. The average molecular weight is 414 g/mol. The summed E-state index contributed by atoms with van der Waals surface area (Å²) in [5.74, 6) is -0.680. The molecule has 0 unspecified atom stereocenters. The van der Waals surface area contributed by atoms with Gasteiger partial charge in [0.25, 0.3) is 0 Å². The second kappa shape index (κ2) is 9.08.